The number of benzene rings is 4. The van der Waals surface area contributed by atoms with Crippen LogP contribution < -0.4 is 0 Å². The Morgan fingerprint density at radius 2 is 0.932 bits per heavy atom. The van der Waals surface area contributed by atoms with Gasteiger partial charge in [0.15, 0.2) is 0 Å². The molecule has 0 heteroatoms. The highest BCUT2D eigenvalue weighted by molar-refractivity contribution is 5.93. The van der Waals surface area contributed by atoms with Crippen molar-refractivity contribution in [2.45, 2.75) is 0 Å². The summed E-state index contributed by atoms with van der Waals surface area (Å²) in [5.74, 6) is 0. The van der Waals surface area contributed by atoms with Crippen molar-refractivity contribution in [1.82, 2.24) is 0 Å². The second-order valence-corrected chi connectivity index (χ2v) is 9.92. The zero-order valence-corrected chi connectivity index (χ0v) is 25.1. The Bertz CT molecular complexity index is 1750. The van der Waals surface area contributed by atoms with Gasteiger partial charge in [0.1, 0.15) is 0 Å². The predicted octanol–water partition coefficient (Wildman–Crippen LogP) is 12.2. The number of hydrogen-bond donors (Lipinski definition) is 0. The van der Waals surface area contributed by atoms with Crippen LogP contribution in [0.4, 0.5) is 0 Å². The molecule has 0 bridgehead atoms. The van der Waals surface area contributed by atoms with Crippen molar-refractivity contribution in [3.63, 3.8) is 0 Å². The largest absolute Gasteiger partial charge is 0.0991 e. The number of hydrogen-bond acceptors (Lipinski definition) is 0. The molecule has 0 heterocycles. The van der Waals surface area contributed by atoms with E-state index in [0.29, 0.717) is 0 Å². The fourth-order valence-electron chi connectivity index (χ4n) is 4.72. The third-order valence-corrected chi connectivity index (χ3v) is 6.88. The van der Waals surface area contributed by atoms with Crippen LogP contribution in [0.3, 0.4) is 0 Å². The molecule has 4 aromatic rings. The predicted molar refractivity (Wildman–Crippen MR) is 197 cm³/mol. The summed E-state index contributed by atoms with van der Waals surface area (Å²) in [6, 6.07) is 35.5. The summed E-state index contributed by atoms with van der Waals surface area (Å²) in [7, 11) is 0. The van der Waals surface area contributed by atoms with Gasteiger partial charge in [0.05, 0.1) is 0 Å². The van der Waals surface area contributed by atoms with E-state index in [9.17, 15) is 0 Å². The molecule has 0 saturated carbocycles. The second kappa shape index (κ2) is 17.3. The third kappa shape index (κ3) is 9.14. The minimum absolute atomic E-state index is 1.05. The smallest absolute Gasteiger partial charge is 0.00990 e. The van der Waals surface area contributed by atoms with E-state index >= 15 is 0 Å². The summed E-state index contributed by atoms with van der Waals surface area (Å²) in [5.41, 5.74) is 9.93. The van der Waals surface area contributed by atoms with E-state index in [1.54, 1.807) is 6.08 Å². The average molecular weight is 567 g/mol. The topological polar surface area (TPSA) is 0 Å². The highest BCUT2D eigenvalue weighted by Gasteiger charge is 2.13. The molecule has 0 radical (unpaired) electrons. The quantitative estimate of drug-likeness (QED) is 0.112. The lowest BCUT2D eigenvalue weighted by atomic mass is 9.87. The van der Waals surface area contributed by atoms with Crippen molar-refractivity contribution in [2.75, 3.05) is 0 Å². The highest BCUT2D eigenvalue weighted by atomic mass is 14.2. The zero-order chi connectivity index (χ0) is 30.8. The Kier molecular flexibility index (Phi) is 12.3. The molecule has 214 valence electrons. The molecule has 0 spiro atoms. The molecule has 0 saturated heterocycles. The lowest BCUT2D eigenvalue weighted by Crippen LogP contribution is -1.97. The van der Waals surface area contributed by atoms with Gasteiger partial charge < -0.3 is 0 Å². The first-order valence-electron chi connectivity index (χ1n) is 14.7. The molecular weight excluding hydrogens is 528 g/mol. The fraction of sp³-hybridized carbons (Fsp3) is 0. The van der Waals surface area contributed by atoms with Crippen LogP contribution in [0.5, 0.6) is 0 Å². The van der Waals surface area contributed by atoms with E-state index < -0.39 is 0 Å². The van der Waals surface area contributed by atoms with Gasteiger partial charge in [0.2, 0.25) is 0 Å². The van der Waals surface area contributed by atoms with Gasteiger partial charge >= 0.3 is 0 Å². The summed E-state index contributed by atoms with van der Waals surface area (Å²) < 4.78 is 0. The van der Waals surface area contributed by atoms with Gasteiger partial charge in [-0.2, -0.15) is 0 Å². The van der Waals surface area contributed by atoms with Gasteiger partial charge in [-0.15, -0.1) is 0 Å². The zero-order valence-electron chi connectivity index (χ0n) is 25.1. The van der Waals surface area contributed by atoms with Crippen molar-refractivity contribution in [3.8, 4) is 0 Å². The first-order chi connectivity index (χ1) is 21.7. The van der Waals surface area contributed by atoms with Crippen molar-refractivity contribution >= 4 is 42.0 Å². The minimum atomic E-state index is 1.05. The van der Waals surface area contributed by atoms with Gasteiger partial charge in [0, 0.05) is 0 Å². The van der Waals surface area contributed by atoms with Gasteiger partial charge in [-0.3, -0.25) is 0 Å². The molecular formula is C44H38. The van der Waals surface area contributed by atoms with E-state index in [-0.39, 0.29) is 0 Å². The molecule has 4 rings (SSSR count). The molecule has 0 aliphatic rings. The Hall–Kier alpha value is -5.72. The molecule has 0 nitrogen and oxygen atoms in total. The number of allylic oxidation sites excluding steroid dienone is 11. The average Bonchev–Trinajstić information content (AvgIpc) is 3.08. The van der Waals surface area contributed by atoms with Gasteiger partial charge in [-0.05, 0) is 50.1 Å². The van der Waals surface area contributed by atoms with E-state index in [1.165, 1.54) is 0 Å². The van der Waals surface area contributed by atoms with Crippen molar-refractivity contribution < 1.29 is 0 Å². The Morgan fingerprint density at radius 3 is 1.50 bits per heavy atom. The molecule has 0 aliphatic carbocycles. The van der Waals surface area contributed by atoms with Crippen LogP contribution in [-0.2, 0) is 0 Å². The SMILES string of the molecule is C=CC=CC(C=Cc1ccccc1)=C(C=CC=C)c1ccc(C=Cc2ccccc2)c(C=CC=C)c1C=Cc1ccccc1. The van der Waals surface area contributed by atoms with Gasteiger partial charge in [0.25, 0.3) is 0 Å². The van der Waals surface area contributed by atoms with Crippen molar-refractivity contribution in [1.29, 1.82) is 0 Å². The lowest BCUT2D eigenvalue weighted by Gasteiger charge is -2.16. The summed E-state index contributed by atoms with van der Waals surface area (Å²) in [6.45, 7) is 11.8. The maximum Gasteiger partial charge on any atom is -0.00990 e. The summed E-state index contributed by atoms with van der Waals surface area (Å²) in [4.78, 5) is 0. The first kappa shape index (κ1) is 31.2. The Balaban J connectivity index is 2.02. The Labute approximate surface area is 263 Å². The maximum absolute atomic E-state index is 3.96. The fourth-order valence-corrected chi connectivity index (χ4v) is 4.72. The maximum atomic E-state index is 3.96. The normalized spacial score (nSPS) is 12.6. The monoisotopic (exact) mass is 566 g/mol. The van der Waals surface area contributed by atoms with Crippen LogP contribution in [0.2, 0.25) is 0 Å². The van der Waals surface area contributed by atoms with Gasteiger partial charge in [-0.1, -0.05) is 214 Å². The molecule has 44 heavy (non-hydrogen) atoms. The minimum Gasteiger partial charge on any atom is -0.0991 e. The van der Waals surface area contributed by atoms with Crippen LogP contribution in [0.25, 0.3) is 42.0 Å². The van der Waals surface area contributed by atoms with E-state index in [4.69, 9.17) is 0 Å². The van der Waals surface area contributed by atoms with Crippen LogP contribution in [0, 0.1) is 0 Å². The van der Waals surface area contributed by atoms with Crippen molar-refractivity contribution in [2.24, 2.45) is 0 Å². The molecule has 0 fully saturated rings. The van der Waals surface area contributed by atoms with E-state index in [1.807, 2.05) is 60.7 Å². The van der Waals surface area contributed by atoms with Gasteiger partial charge in [-0.25, -0.2) is 0 Å². The molecule has 4 aromatic carbocycles. The van der Waals surface area contributed by atoms with Crippen LogP contribution in [0.15, 0.2) is 183 Å². The van der Waals surface area contributed by atoms with E-state index in [0.717, 1.165) is 50.1 Å². The van der Waals surface area contributed by atoms with Crippen LogP contribution in [-0.4, -0.2) is 0 Å². The molecule has 0 aromatic heterocycles. The summed E-state index contributed by atoms with van der Waals surface area (Å²) in [5, 5.41) is 0. The molecule has 0 unspecified atom stereocenters. The van der Waals surface area contributed by atoms with Crippen LogP contribution in [0.1, 0.15) is 38.9 Å². The summed E-state index contributed by atoms with van der Waals surface area (Å²) >= 11 is 0. The highest BCUT2D eigenvalue weighted by Crippen LogP contribution is 2.33. The van der Waals surface area contributed by atoms with Crippen LogP contribution >= 0.6 is 0 Å². The molecule has 0 amide bonds. The molecule has 0 atom stereocenters. The van der Waals surface area contributed by atoms with Crippen molar-refractivity contribution in [3.05, 3.63) is 222 Å². The molecule has 0 N–H and O–H groups in total. The lowest BCUT2D eigenvalue weighted by molar-refractivity contribution is 1.50. The van der Waals surface area contributed by atoms with E-state index in [2.05, 4.69) is 147 Å². The first-order valence-corrected chi connectivity index (χ1v) is 14.7. The third-order valence-electron chi connectivity index (χ3n) is 6.88. The Morgan fingerprint density at radius 1 is 0.409 bits per heavy atom. The standard InChI is InChI=1S/C44H38/c1-4-7-25-39(31-28-36-19-13-10-14-20-36)41(26-8-5-2)44-35-33-40(32-29-37-21-15-11-16-22-37)42(27-9-6-3)43(44)34-30-38-23-17-12-18-24-38/h4-35H,1-3H2. The number of rotatable bonds is 13. The second-order valence-electron chi connectivity index (χ2n) is 9.92. The summed E-state index contributed by atoms with van der Waals surface area (Å²) in [6.07, 6.45) is 30.8. The molecule has 0 aliphatic heterocycles.